The number of aliphatic carboxylic acids is 1. The van der Waals surface area contributed by atoms with Gasteiger partial charge in [0.25, 0.3) is 0 Å². The molecule has 2 amide bonds. The quantitative estimate of drug-likeness (QED) is 0.506. The van der Waals surface area contributed by atoms with Gasteiger partial charge in [-0.1, -0.05) is 0 Å². The van der Waals surface area contributed by atoms with Crippen molar-refractivity contribution in [3.8, 4) is 0 Å². The van der Waals surface area contributed by atoms with E-state index in [1.54, 1.807) is 0 Å². The maximum absolute atomic E-state index is 11.3. The molecule has 0 saturated heterocycles. The van der Waals surface area contributed by atoms with Crippen LogP contribution in [-0.2, 0) is 4.79 Å². The molecule has 15 heavy (non-hydrogen) atoms. The van der Waals surface area contributed by atoms with E-state index in [-0.39, 0.29) is 18.6 Å². The van der Waals surface area contributed by atoms with Gasteiger partial charge in [-0.05, 0) is 19.8 Å². The van der Waals surface area contributed by atoms with E-state index < -0.39 is 18.0 Å². The highest BCUT2D eigenvalue weighted by molar-refractivity contribution is 5.83. The molecular formula is C9H16N2O4. The highest BCUT2D eigenvalue weighted by atomic mass is 16.4. The summed E-state index contributed by atoms with van der Waals surface area (Å²) in [6, 6.07) is -1.52. The Morgan fingerprint density at radius 3 is 2.47 bits per heavy atom. The molecule has 0 aromatic rings. The van der Waals surface area contributed by atoms with Crippen LogP contribution < -0.4 is 10.6 Å². The summed E-state index contributed by atoms with van der Waals surface area (Å²) < 4.78 is 0. The summed E-state index contributed by atoms with van der Waals surface area (Å²) in [5.41, 5.74) is -0.174. The number of amides is 2. The third-order valence-electron chi connectivity index (χ3n) is 2.44. The Balaban J connectivity index is 2.36. The van der Waals surface area contributed by atoms with Gasteiger partial charge in [0.2, 0.25) is 0 Å². The molecule has 0 aromatic heterocycles. The van der Waals surface area contributed by atoms with Crippen molar-refractivity contribution in [2.75, 3.05) is 6.61 Å². The second kappa shape index (κ2) is 4.48. The number of aliphatic hydroxyl groups is 1. The first-order valence-corrected chi connectivity index (χ1v) is 4.89. The minimum Gasteiger partial charge on any atom is -0.480 e. The molecule has 86 valence electrons. The molecule has 0 spiro atoms. The smallest absolute Gasteiger partial charge is 0.326 e. The van der Waals surface area contributed by atoms with Gasteiger partial charge in [-0.15, -0.1) is 0 Å². The molecule has 1 atom stereocenters. The van der Waals surface area contributed by atoms with Crippen LogP contribution >= 0.6 is 0 Å². The summed E-state index contributed by atoms with van der Waals surface area (Å²) in [7, 11) is 0. The number of urea groups is 1. The van der Waals surface area contributed by atoms with Crippen molar-refractivity contribution in [1.29, 1.82) is 0 Å². The molecule has 1 aliphatic rings. The Morgan fingerprint density at radius 2 is 2.07 bits per heavy atom. The van der Waals surface area contributed by atoms with Gasteiger partial charge < -0.3 is 20.8 Å². The van der Waals surface area contributed by atoms with Crippen LogP contribution in [-0.4, -0.2) is 40.4 Å². The first kappa shape index (κ1) is 11.8. The standard InChI is InChI=1S/C9H16N2O4/c1-9(3-4-9)11-8(15)10-6(2-5-12)7(13)14/h6,12H,2-5H2,1H3,(H,13,14)(H2,10,11,15)/t6-/m0/s1. The molecule has 1 rings (SSSR count). The van der Waals surface area contributed by atoms with Crippen molar-refractivity contribution >= 4 is 12.0 Å². The van der Waals surface area contributed by atoms with Crippen molar-refractivity contribution in [3.05, 3.63) is 0 Å². The lowest BCUT2D eigenvalue weighted by Crippen LogP contribution is -2.49. The minimum atomic E-state index is -1.14. The Labute approximate surface area is 87.7 Å². The molecule has 0 bridgehead atoms. The van der Waals surface area contributed by atoms with Crippen LogP contribution in [0.4, 0.5) is 4.79 Å². The maximum Gasteiger partial charge on any atom is 0.326 e. The van der Waals surface area contributed by atoms with Crippen LogP contribution in [0.1, 0.15) is 26.2 Å². The summed E-state index contributed by atoms with van der Waals surface area (Å²) in [5.74, 6) is -1.14. The zero-order chi connectivity index (χ0) is 11.5. The number of carbonyl (C=O) groups excluding carboxylic acids is 1. The average molecular weight is 216 g/mol. The summed E-state index contributed by atoms with van der Waals surface area (Å²) in [6.07, 6.45) is 1.84. The third-order valence-corrected chi connectivity index (χ3v) is 2.44. The first-order chi connectivity index (χ1) is 6.97. The van der Waals surface area contributed by atoms with Gasteiger partial charge in [-0.3, -0.25) is 0 Å². The predicted octanol–water partition coefficient (Wildman–Crippen LogP) is -0.326. The molecule has 6 heteroatoms. The number of hydrogen-bond donors (Lipinski definition) is 4. The van der Waals surface area contributed by atoms with Crippen molar-refractivity contribution in [1.82, 2.24) is 10.6 Å². The second-order valence-corrected chi connectivity index (χ2v) is 4.06. The monoisotopic (exact) mass is 216 g/mol. The molecule has 1 saturated carbocycles. The molecule has 0 aromatic carbocycles. The molecule has 1 fully saturated rings. The van der Waals surface area contributed by atoms with E-state index in [1.807, 2.05) is 6.92 Å². The zero-order valence-electron chi connectivity index (χ0n) is 8.62. The lowest BCUT2D eigenvalue weighted by molar-refractivity contribution is -0.139. The van der Waals surface area contributed by atoms with Crippen LogP contribution in [0.25, 0.3) is 0 Å². The zero-order valence-corrected chi connectivity index (χ0v) is 8.62. The summed E-state index contributed by atoms with van der Waals surface area (Å²) in [6.45, 7) is 1.63. The van der Waals surface area contributed by atoms with Gasteiger partial charge in [0, 0.05) is 18.6 Å². The van der Waals surface area contributed by atoms with Crippen molar-refractivity contribution < 1.29 is 19.8 Å². The van der Waals surface area contributed by atoms with E-state index in [1.165, 1.54) is 0 Å². The number of carboxylic acids is 1. The Bertz CT molecular complexity index is 263. The van der Waals surface area contributed by atoms with Crippen LogP contribution in [0.15, 0.2) is 0 Å². The largest absolute Gasteiger partial charge is 0.480 e. The van der Waals surface area contributed by atoms with E-state index >= 15 is 0 Å². The molecule has 0 aliphatic heterocycles. The third kappa shape index (κ3) is 3.75. The van der Waals surface area contributed by atoms with Gasteiger partial charge in [0.1, 0.15) is 6.04 Å². The lowest BCUT2D eigenvalue weighted by atomic mass is 10.2. The highest BCUT2D eigenvalue weighted by Gasteiger charge is 2.39. The maximum atomic E-state index is 11.3. The lowest BCUT2D eigenvalue weighted by Gasteiger charge is -2.16. The summed E-state index contributed by atoms with van der Waals surface area (Å²) in [5, 5.41) is 22.3. The van der Waals surface area contributed by atoms with Crippen LogP contribution in [0.5, 0.6) is 0 Å². The fourth-order valence-corrected chi connectivity index (χ4v) is 1.17. The fourth-order valence-electron chi connectivity index (χ4n) is 1.17. The number of carboxylic acid groups (broad SMARTS) is 1. The second-order valence-electron chi connectivity index (χ2n) is 4.06. The molecule has 0 unspecified atom stereocenters. The van der Waals surface area contributed by atoms with E-state index in [0.29, 0.717) is 0 Å². The number of carbonyl (C=O) groups is 2. The molecule has 0 radical (unpaired) electrons. The summed E-state index contributed by atoms with van der Waals surface area (Å²) >= 11 is 0. The van der Waals surface area contributed by atoms with Gasteiger partial charge in [0.15, 0.2) is 0 Å². The van der Waals surface area contributed by atoms with Crippen LogP contribution in [0, 0.1) is 0 Å². The first-order valence-electron chi connectivity index (χ1n) is 4.89. The number of rotatable bonds is 5. The Kier molecular flexibility index (Phi) is 3.52. The SMILES string of the molecule is CC1(NC(=O)N[C@@H](CCO)C(=O)O)CC1. The van der Waals surface area contributed by atoms with E-state index in [4.69, 9.17) is 10.2 Å². The topological polar surface area (TPSA) is 98.7 Å². The van der Waals surface area contributed by atoms with Gasteiger partial charge in [-0.25, -0.2) is 9.59 Å². The van der Waals surface area contributed by atoms with Crippen molar-refractivity contribution in [3.63, 3.8) is 0 Å². The van der Waals surface area contributed by atoms with Crippen LogP contribution in [0.2, 0.25) is 0 Å². The van der Waals surface area contributed by atoms with Crippen LogP contribution in [0.3, 0.4) is 0 Å². The molecule has 0 heterocycles. The number of aliphatic hydroxyl groups excluding tert-OH is 1. The highest BCUT2D eigenvalue weighted by Crippen LogP contribution is 2.33. The van der Waals surface area contributed by atoms with E-state index in [0.717, 1.165) is 12.8 Å². The molecule has 4 N–H and O–H groups in total. The molecule has 1 aliphatic carbocycles. The fraction of sp³-hybridized carbons (Fsp3) is 0.778. The number of nitrogens with one attached hydrogen (secondary N) is 2. The molecular weight excluding hydrogens is 200 g/mol. The van der Waals surface area contributed by atoms with Crippen molar-refractivity contribution in [2.45, 2.75) is 37.8 Å². The minimum absolute atomic E-state index is 0.0134. The average Bonchev–Trinajstić information content (AvgIpc) is 2.82. The van der Waals surface area contributed by atoms with Gasteiger partial charge in [0.05, 0.1) is 0 Å². The predicted molar refractivity (Wildman–Crippen MR) is 52.4 cm³/mol. The van der Waals surface area contributed by atoms with E-state index in [2.05, 4.69) is 10.6 Å². The Morgan fingerprint density at radius 1 is 1.47 bits per heavy atom. The Hall–Kier alpha value is -1.30. The summed E-state index contributed by atoms with van der Waals surface area (Å²) in [4.78, 5) is 22.0. The van der Waals surface area contributed by atoms with Gasteiger partial charge >= 0.3 is 12.0 Å². The van der Waals surface area contributed by atoms with Gasteiger partial charge in [-0.2, -0.15) is 0 Å². The van der Waals surface area contributed by atoms with E-state index in [9.17, 15) is 9.59 Å². The normalized spacial score (nSPS) is 19.1. The molecule has 6 nitrogen and oxygen atoms in total. The van der Waals surface area contributed by atoms with Crippen molar-refractivity contribution in [2.24, 2.45) is 0 Å². The number of hydrogen-bond acceptors (Lipinski definition) is 3.